The van der Waals surface area contributed by atoms with Gasteiger partial charge in [-0.05, 0) is 33.1 Å². The summed E-state index contributed by atoms with van der Waals surface area (Å²) in [5.74, 6) is -0.133. The number of hydrogen-bond acceptors (Lipinski definition) is 5. The van der Waals surface area contributed by atoms with Crippen LogP contribution in [0, 0.1) is 0 Å². The summed E-state index contributed by atoms with van der Waals surface area (Å²) in [4.78, 5) is 18.1. The average molecular weight is 280 g/mol. The molecular formula is C14H24N4O2. The van der Waals surface area contributed by atoms with Crippen molar-refractivity contribution in [3.05, 3.63) is 24.0 Å². The Labute approximate surface area is 120 Å². The van der Waals surface area contributed by atoms with Gasteiger partial charge < -0.3 is 20.3 Å². The van der Waals surface area contributed by atoms with E-state index in [-0.39, 0.29) is 5.91 Å². The predicted molar refractivity (Wildman–Crippen MR) is 80.1 cm³/mol. The smallest absolute Gasteiger partial charge is 0.253 e. The highest BCUT2D eigenvalue weighted by molar-refractivity contribution is 5.94. The first-order valence-corrected chi connectivity index (χ1v) is 6.74. The normalized spacial score (nSPS) is 10.6. The summed E-state index contributed by atoms with van der Waals surface area (Å²) in [7, 11) is 5.70. The van der Waals surface area contributed by atoms with Crippen molar-refractivity contribution in [3.8, 4) is 0 Å². The highest BCUT2D eigenvalue weighted by atomic mass is 16.5. The number of rotatable bonds is 9. The number of nitrogens with zero attached hydrogens (tertiary/aromatic N) is 2. The number of ether oxygens (including phenoxy) is 1. The van der Waals surface area contributed by atoms with Gasteiger partial charge in [-0.15, -0.1) is 0 Å². The van der Waals surface area contributed by atoms with Crippen molar-refractivity contribution in [2.45, 2.75) is 6.42 Å². The number of carbonyl (C=O) groups is 1. The maximum absolute atomic E-state index is 11.8. The zero-order valence-corrected chi connectivity index (χ0v) is 12.5. The van der Waals surface area contributed by atoms with E-state index < -0.39 is 0 Å². The van der Waals surface area contributed by atoms with Gasteiger partial charge in [-0.3, -0.25) is 9.78 Å². The van der Waals surface area contributed by atoms with E-state index in [1.54, 1.807) is 19.5 Å². The summed E-state index contributed by atoms with van der Waals surface area (Å²) in [6, 6.07) is 1.81. The highest BCUT2D eigenvalue weighted by Crippen LogP contribution is 2.08. The molecule has 1 rings (SSSR count). The van der Waals surface area contributed by atoms with E-state index in [4.69, 9.17) is 4.74 Å². The molecule has 0 saturated heterocycles. The molecule has 1 amide bonds. The summed E-state index contributed by atoms with van der Waals surface area (Å²) in [5, 5.41) is 6.04. The van der Waals surface area contributed by atoms with Gasteiger partial charge in [0.1, 0.15) is 0 Å². The molecule has 0 aliphatic heterocycles. The van der Waals surface area contributed by atoms with Gasteiger partial charge in [-0.1, -0.05) is 0 Å². The minimum Gasteiger partial charge on any atom is -0.384 e. The standard InChI is InChI=1S/C14H24N4O2/c1-18(2)7-4-5-16-13-9-12(10-15-11-13)14(19)17-6-8-20-3/h9-11,16H,4-8H2,1-3H3,(H,17,19). The van der Waals surface area contributed by atoms with Gasteiger partial charge in [0.25, 0.3) is 5.91 Å². The molecule has 0 fully saturated rings. The van der Waals surface area contributed by atoms with Crippen molar-refractivity contribution in [2.24, 2.45) is 0 Å². The van der Waals surface area contributed by atoms with Crippen LogP contribution in [0.3, 0.4) is 0 Å². The van der Waals surface area contributed by atoms with Gasteiger partial charge in [0.2, 0.25) is 0 Å². The molecule has 112 valence electrons. The zero-order valence-electron chi connectivity index (χ0n) is 12.5. The summed E-state index contributed by atoms with van der Waals surface area (Å²) < 4.78 is 4.89. The first-order valence-electron chi connectivity index (χ1n) is 6.74. The number of aromatic nitrogens is 1. The van der Waals surface area contributed by atoms with Crippen LogP contribution in [0.4, 0.5) is 5.69 Å². The van der Waals surface area contributed by atoms with Gasteiger partial charge in [0, 0.05) is 32.6 Å². The molecule has 0 aromatic carbocycles. The largest absolute Gasteiger partial charge is 0.384 e. The van der Waals surface area contributed by atoms with Crippen LogP contribution in [0.15, 0.2) is 18.5 Å². The van der Waals surface area contributed by atoms with Crippen molar-refractivity contribution in [1.82, 2.24) is 15.2 Å². The third-order valence-electron chi connectivity index (χ3n) is 2.70. The molecule has 6 nitrogen and oxygen atoms in total. The molecule has 0 saturated carbocycles. The Morgan fingerprint density at radius 2 is 2.15 bits per heavy atom. The highest BCUT2D eigenvalue weighted by Gasteiger charge is 2.06. The molecule has 0 aliphatic rings. The molecule has 1 heterocycles. The Morgan fingerprint density at radius 1 is 1.35 bits per heavy atom. The Balaban J connectivity index is 2.42. The molecule has 0 aliphatic carbocycles. The molecule has 1 aromatic rings. The molecular weight excluding hydrogens is 256 g/mol. The number of hydrogen-bond donors (Lipinski definition) is 2. The van der Waals surface area contributed by atoms with Crippen molar-refractivity contribution in [3.63, 3.8) is 0 Å². The maximum Gasteiger partial charge on any atom is 0.253 e. The number of pyridine rings is 1. The van der Waals surface area contributed by atoms with Crippen LogP contribution >= 0.6 is 0 Å². The zero-order chi connectivity index (χ0) is 14.8. The van der Waals surface area contributed by atoms with Crippen LogP contribution in [-0.2, 0) is 4.74 Å². The van der Waals surface area contributed by atoms with Crippen molar-refractivity contribution in [2.75, 3.05) is 52.8 Å². The van der Waals surface area contributed by atoms with Crippen LogP contribution in [0.5, 0.6) is 0 Å². The van der Waals surface area contributed by atoms with E-state index in [2.05, 4.69) is 20.5 Å². The van der Waals surface area contributed by atoms with Crippen molar-refractivity contribution < 1.29 is 9.53 Å². The molecule has 0 atom stereocenters. The van der Waals surface area contributed by atoms with Gasteiger partial charge in [0.05, 0.1) is 17.9 Å². The molecule has 2 N–H and O–H groups in total. The SMILES string of the molecule is COCCNC(=O)c1cncc(NCCCN(C)C)c1. The fourth-order valence-corrected chi connectivity index (χ4v) is 1.66. The third-order valence-corrected chi connectivity index (χ3v) is 2.70. The van der Waals surface area contributed by atoms with Gasteiger partial charge in [0.15, 0.2) is 0 Å². The minimum atomic E-state index is -0.133. The molecule has 0 bridgehead atoms. The molecule has 20 heavy (non-hydrogen) atoms. The molecule has 6 heteroatoms. The van der Waals surface area contributed by atoms with Crippen LogP contribution < -0.4 is 10.6 Å². The lowest BCUT2D eigenvalue weighted by molar-refractivity contribution is 0.0937. The summed E-state index contributed by atoms with van der Waals surface area (Å²) in [5.41, 5.74) is 1.42. The van der Waals surface area contributed by atoms with E-state index in [0.29, 0.717) is 18.7 Å². The number of methoxy groups -OCH3 is 1. The van der Waals surface area contributed by atoms with E-state index in [1.165, 1.54) is 0 Å². The summed E-state index contributed by atoms with van der Waals surface area (Å²) >= 11 is 0. The van der Waals surface area contributed by atoms with E-state index in [1.807, 2.05) is 20.2 Å². The van der Waals surface area contributed by atoms with Crippen LogP contribution in [-0.4, -0.2) is 63.2 Å². The predicted octanol–water partition coefficient (Wildman–Crippen LogP) is 0.821. The number of anilines is 1. The van der Waals surface area contributed by atoms with E-state index in [9.17, 15) is 4.79 Å². The Hall–Kier alpha value is -1.66. The lowest BCUT2D eigenvalue weighted by atomic mass is 10.2. The number of carbonyl (C=O) groups excluding carboxylic acids is 1. The van der Waals surface area contributed by atoms with Gasteiger partial charge in [-0.2, -0.15) is 0 Å². The van der Waals surface area contributed by atoms with Crippen LogP contribution in [0.25, 0.3) is 0 Å². The van der Waals surface area contributed by atoms with Crippen LogP contribution in [0.1, 0.15) is 16.8 Å². The molecule has 0 spiro atoms. The molecule has 0 unspecified atom stereocenters. The quantitative estimate of drug-likeness (QED) is 0.656. The minimum absolute atomic E-state index is 0.133. The second-order valence-corrected chi connectivity index (χ2v) is 4.79. The summed E-state index contributed by atoms with van der Waals surface area (Å²) in [6.07, 6.45) is 4.33. The number of amides is 1. The lowest BCUT2D eigenvalue weighted by Gasteiger charge is -2.11. The van der Waals surface area contributed by atoms with Gasteiger partial charge in [-0.25, -0.2) is 0 Å². The number of nitrogens with one attached hydrogen (secondary N) is 2. The monoisotopic (exact) mass is 280 g/mol. The van der Waals surface area contributed by atoms with Crippen molar-refractivity contribution in [1.29, 1.82) is 0 Å². The first-order chi connectivity index (χ1) is 9.63. The Morgan fingerprint density at radius 3 is 2.85 bits per heavy atom. The molecule has 0 radical (unpaired) electrons. The third kappa shape index (κ3) is 6.49. The summed E-state index contributed by atoms with van der Waals surface area (Å²) in [6.45, 7) is 2.88. The fourth-order valence-electron chi connectivity index (χ4n) is 1.66. The molecule has 1 aromatic heterocycles. The topological polar surface area (TPSA) is 66.5 Å². The Kier molecular flexibility index (Phi) is 7.60. The van der Waals surface area contributed by atoms with Crippen molar-refractivity contribution >= 4 is 11.6 Å². The van der Waals surface area contributed by atoms with E-state index in [0.717, 1.165) is 25.2 Å². The van der Waals surface area contributed by atoms with Gasteiger partial charge >= 0.3 is 0 Å². The second-order valence-electron chi connectivity index (χ2n) is 4.79. The lowest BCUT2D eigenvalue weighted by Crippen LogP contribution is -2.27. The van der Waals surface area contributed by atoms with E-state index >= 15 is 0 Å². The maximum atomic E-state index is 11.8. The second kappa shape index (κ2) is 9.28. The average Bonchev–Trinajstić information content (AvgIpc) is 2.44. The first kappa shape index (κ1) is 16.4. The van der Waals surface area contributed by atoms with Crippen LogP contribution in [0.2, 0.25) is 0 Å². The fraction of sp³-hybridized carbons (Fsp3) is 0.571. The Bertz CT molecular complexity index is 410.